The number of benzene rings is 1. The number of fused-ring (bicyclic) bond motifs is 1. The third-order valence-electron chi connectivity index (χ3n) is 5.42. The van der Waals surface area contributed by atoms with Crippen molar-refractivity contribution in [2.75, 3.05) is 19.6 Å². The highest BCUT2D eigenvalue weighted by atomic mass is 35.5. The van der Waals surface area contributed by atoms with Crippen LogP contribution in [0.25, 0.3) is 11.4 Å². The van der Waals surface area contributed by atoms with Gasteiger partial charge in [0.25, 0.3) is 5.91 Å². The third-order valence-corrected chi connectivity index (χ3v) is 5.75. The van der Waals surface area contributed by atoms with E-state index in [1.807, 2.05) is 18.2 Å². The van der Waals surface area contributed by atoms with E-state index in [4.69, 9.17) is 11.6 Å². The van der Waals surface area contributed by atoms with Gasteiger partial charge in [0.05, 0.1) is 10.6 Å². The second-order valence-electron chi connectivity index (χ2n) is 6.88. The van der Waals surface area contributed by atoms with Crippen molar-refractivity contribution in [2.45, 2.75) is 31.2 Å². The molecule has 0 spiro atoms. The molecule has 1 aromatic heterocycles. The molecule has 5 nitrogen and oxygen atoms in total. The SMILES string of the molecule is O=C(NCC12CCCN1CCC2)c1cnc(-c2ccccc2Cl)nc1. The van der Waals surface area contributed by atoms with Crippen LogP contribution in [0.2, 0.25) is 5.02 Å². The maximum absolute atomic E-state index is 12.5. The summed E-state index contributed by atoms with van der Waals surface area (Å²) in [6.07, 6.45) is 7.95. The third kappa shape index (κ3) is 3.14. The molecule has 2 aliphatic rings. The largest absolute Gasteiger partial charge is 0.350 e. The normalized spacial score (nSPS) is 18.9. The predicted octanol–water partition coefficient (Wildman–Crippen LogP) is 3.16. The van der Waals surface area contributed by atoms with Gasteiger partial charge >= 0.3 is 0 Å². The summed E-state index contributed by atoms with van der Waals surface area (Å²) in [4.78, 5) is 23.6. The average Bonchev–Trinajstić information content (AvgIpc) is 3.20. The summed E-state index contributed by atoms with van der Waals surface area (Å²) < 4.78 is 0. The first-order valence-electron chi connectivity index (χ1n) is 8.78. The number of halogens is 1. The van der Waals surface area contributed by atoms with Gasteiger partial charge in [-0.05, 0) is 50.9 Å². The van der Waals surface area contributed by atoms with Gasteiger partial charge in [0, 0.05) is 30.0 Å². The summed E-state index contributed by atoms with van der Waals surface area (Å²) >= 11 is 6.17. The van der Waals surface area contributed by atoms with Gasteiger partial charge in [0.15, 0.2) is 5.82 Å². The van der Waals surface area contributed by atoms with Crippen molar-refractivity contribution in [3.8, 4) is 11.4 Å². The molecule has 4 rings (SSSR count). The van der Waals surface area contributed by atoms with Crippen molar-refractivity contribution in [1.29, 1.82) is 0 Å². The number of carbonyl (C=O) groups excluding carboxylic acids is 1. The van der Waals surface area contributed by atoms with Crippen LogP contribution in [0.15, 0.2) is 36.7 Å². The molecule has 2 fully saturated rings. The van der Waals surface area contributed by atoms with Crippen LogP contribution in [0, 0.1) is 0 Å². The Morgan fingerprint density at radius 3 is 2.52 bits per heavy atom. The van der Waals surface area contributed by atoms with E-state index < -0.39 is 0 Å². The molecule has 1 aromatic carbocycles. The molecule has 1 N–H and O–H groups in total. The lowest BCUT2D eigenvalue weighted by atomic mass is 9.94. The van der Waals surface area contributed by atoms with E-state index in [1.165, 1.54) is 25.7 Å². The van der Waals surface area contributed by atoms with Crippen LogP contribution in [0.4, 0.5) is 0 Å². The van der Waals surface area contributed by atoms with Crippen molar-refractivity contribution in [3.05, 3.63) is 47.2 Å². The van der Waals surface area contributed by atoms with Crippen LogP contribution in [0.1, 0.15) is 36.0 Å². The molecular weight excluding hydrogens is 336 g/mol. The van der Waals surface area contributed by atoms with Gasteiger partial charge in [-0.2, -0.15) is 0 Å². The zero-order chi connectivity index (χ0) is 17.3. The van der Waals surface area contributed by atoms with Crippen LogP contribution in [-0.2, 0) is 0 Å². The lowest BCUT2D eigenvalue weighted by Crippen LogP contribution is -2.48. The zero-order valence-electron chi connectivity index (χ0n) is 14.0. The van der Waals surface area contributed by atoms with Crippen molar-refractivity contribution in [3.63, 3.8) is 0 Å². The van der Waals surface area contributed by atoms with Gasteiger partial charge < -0.3 is 5.32 Å². The molecule has 0 radical (unpaired) electrons. The Morgan fingerprint density at radius 1 is 1.16 bits per heavy atom. The van der Waals surface area contributed by atoms with Gasteiger partial charge in [-0.25, -0.2) is 9.97 Å². The van der Waals surface area contributed by atoms with Gasteiger partial charge in [-0.1, -0.05) is 23.7 Å². The molecule has 3 heterocycles. The molecule has 25 heavy (non-hydrogen) atoms. The van der Waals surface area contributed by atoms with Crippen LogP contribution < -0.4 is 5.32 Å². The van der Waals surface area contributed by atoms with Gasteiger partial charge in [-0.15, -0.1) is 0 Å². The molecule has 1 amide bonds. The summed E-state index contributed by atoms with van der Waals surface area (Å²) in [7, 11) is 0. The molecule has 2 aromatic rings. The maximum atomic E-state index is 12.5. The van der Waals surface area contributed by atoms with Gasteiger partial charge in [0.1, 0.15) is 0 Å². The Morgan fingerprint density at radius 2 is 1.84 bits per heavy atom. The van der Waals surface area contributed by atoms with E-state index in [2.05, 4.69) is 20.2 Å². The number of carbonyl (C=O) groups is 1. The molecule has 0 unspecified atom stereocenters. The predicted molar refractivity (Wildman–Crippen MR) is 97.6 cm³/mol. The summed E-state index contributed by atoms with van der Waals surface area (Å²) in [5.74, 6) is 0.414. The van der Waals surface area contributed by atoms with Crippen molar-refractivity contribution >= 4 is 17.5 Å². The van der Waals surface area contributed by atoms with Crippen molar-refractivity contribution < 1.29 is 4.79 Å². The lowest BCUT2D eigenvalue weighted by molar-refractivity contribution is 0.0919. The molecule has 130 valence electrons. The van der Waals surface area contributed by atoms with E-state index in [1.54, 1.807) is 18.5 Å². The molecule has 0 atom stereocenters. The molecule has 0 saturated carbocycles. The summed E-state index contributed by atoms with van der Waals surface area (Å²) in [5, 5.41) is 3.69. The Hall–Kier alpha value is -1.98. The summed E-state index contributed by atoms with van der Waals surface area (Å²) in [5.41, 5.74) is 1.42. The number of rotatable bonds is 4. The maximum Gasteiger partial charge on any atom is 0.254 e. The van der Waals surface area contributed by atoms with E-state index >= 15 is 0 Å². The first-order chi connectivity index (χ1) is 12.2. The Kier molecular flexibility index (Phi) is 4.44. The molecular formula is C19H21ClN4O. The number of hydrogen-bond acceptors (Lipinski definition) is 4. The summed E-state index contributed by atoms with van der Waals surface area (Å²) in [6.45, 7) is 3.02. The quantitative estimate of drug-likeness (QED) is 0.914. The highest BCUT2D eigenvalue weighted by molar-refractivity contribution is 6.33. The van der Waals surface area contributed by atoms with Crippen LogP contribution in [0.5, 0.6) is 0 Å². The zero-order valence-corrected chi connectivity index (χ0v) is 14.8. The fraction of sp³-hybridized carbons (Fsp3) is 0.421. The number of amides is 1. The molecule has 0 bridgehead atoms. The molecule has 0 aliphatic carbocycles. The average molecular weight is 357 g/mol. The van der Waals surface area contributed by atoms with E-state index in [0.717, 1.165) is 18.7 Å². The molecule has 2 saturated heterocycles. The van der Waals surface area contributed by atoms with Crippen LogP contribution >= 0.6 is 11.6 Å². The second kappa shape index (κ2) is 6.73. The topological polar surface area (TPSA) is 58.1 Å². The second-order valence-corrected chi connectivity index (χ2v) is 7.28. The van der Waals surface area contributed by atoms with E-state index in [0.29, 0.717) is 23.0 Å². The fourth-order valence-corrected chi connectivity index (χ4v) is 4.31. The minimum absolute atomic E-state index is 0.112. The number of aromatic nitrogens is 2. The minimum Gasteiger partial charge on any atom is -0.350 e. The highest BCUT2D eigenvalue weighted by Crippen LogP contribution is 2.38. The fourth-order valence-electron chi connectivity index (χ4n) is 4.09. The standard InChI is InChI=1S/C19H21ClN4O/c20-16-6-2-1-5-15(16)17-21-11-14(12-22-17)18(25)23-13-19-7-3-9-24(19)10-4-8-19/h1-2,5-6,11-12H,3-4,7-10,13H2,(H,23,25). The lowest BCUT2D eigenvalue weighted by Gasteiger charge is -2.32. The minimum atomic E-state index is -0.112. The van der Waals surface area contributed by atoms with E-state index in [9.17, 15) is 4.79 Å². The Balaban J connectivity index is 1.44. The van der Waals surface area contributed by atoms with Crippen molar-refractivity contribution in [1.82, 2.24) is 20.2 Å². The van der Waals surface area contributed by atoms with Crippen molar-refractivity contribution in [2.24, 2.45) is 0 Å². The van der Waals surface area contributed by atoms with Crippen LogP contribution in [0.3, 0.4) is 0 Å². The molecule has 6 heteroatoms. The molecule has 2 aliphatic heterocycles. The van der Waals surface area contributed by atoms with E-state index in [-0.39, 0.29) is 11.4 Å². The highest BCUT2D eigenvalue weighted by Gasteiger charge is 2.44. The monoisotopic (exact) mass is 356 g/mol. The Bertz CT molecular complexity index is 767. The smallest absolute Gasteiger partial charge is 0.254 e. The number of hydrogen-bond donors (Lipinski definition) is 1. The first kappa shape index (κ1) is 16.5. The van der Waals surface area contributed by atoms with Crippen LogP contribution in [-0.4, -0.2) is 45.9 Å². The first-order valence-corrected chi connectivity index (χ1v) is 9.16. The summed E-state index contributed by atoms with van der Waals surface area (Å²) in [6, 6.07) is 7.42. The van der Waals surface area contributed by atoms with Gasteiger partial charge in [-0.3, -0.25) is 9.69 Å². The Labute approximate surface area is 152 Å². The van der Waals surface area contributed by atoms with Gasteiger partial charge in [0.2, 0.25) is 0 Å². The number of nitrogens with one attached hydrogen (secondary N) is 1. The number of nitrogens with zero attached hydrogens (tertiary/aromatic N) is 3.